The van der Waals surface area contributed by atoms with E-state index in [9.17, 15) is 4.79 Å². The number of benzene rings is 1. The molecule has 0 aromatic heterocycles. The van der Waals surface area contributed by atoms with Crippen LogP contribution in [0, 0.1) is 7.14 Å². The maximum absolute atomic E-state index is 13.1. The molecule has 5 rings (SSSR count). The van der Waals surface area contributed by atoms with E-state index in [-0.39, 0.29) is 34.6 Å². The zero-order chi connectivity index (χ0) is 28.8. The summed E-state index contributed by atoms with van der Waals surface area (Å²) in [7, 11) is 0. The Morgan fingerprint density at radius 2 is 1.66 bits per heavy atom. The number of aliphatic imine (C=N–C) groups is 1. The molecule has 1 N–H and O–H groups in total. The van der Waals surface area contributed by atoms with Gasteiger partial charge in [0.2, 0.25) is 0 Å². The zero-order valence-corrected chi connectivity index (χ0v) is 31.5. The quantitative estimate of drug-likeness (QED) is 0.0681. The van der Waals surface area contributed by atoms with Gasteiger partial charge in [-0.05, 0) is 123 Å². The number of amidine groups is 1. The second kappa shape index (κ2) is 16.0. The summed E-state index contributed by atoms with van der Waals surface area (Å²) in [6.45, 7) is 1.42. The molecule has 11 heteroatoms. The molecule has 1 heterocycles. The fourth-order valence-electron chi connectivity index (χ4n) is 5.40. The highest BCUT2D eigenvalue weighted by Gasteiger charge is 2.30. The van der Waals surface area contributed by atoms with Crippen LogP contribution in [0.15, 0.2) is 38.6 Å². The van der Waals surface area contributed by atoms with E-state index in [4.69, 9.17) is 23.9 Å². The molecule has 4 aliphatic rings. The van der Waals surface area contributed by atoms with Gasteiger partial charge in [0.25, 0.3) is 6.02 Å². The Morgan fingerprint density at radius 3 is 2.29 bits per heavy atom. The molecule has 1 aromatic rings. The van der Waals surface area contributed by atoms with Gasteiger partial charge in [-0.15, -0.1) is 0 Å². The normalized spacial score (nSPS) is 25.8. The molecule has 224 valence electrons. The third kappa shape index (κ3) is 10.1. The minimum Gasteiger partial charge on any atom is -0.455 e. The lowest BCUT2D eigenvalue weighted by atomic mass is 9.95. The predicted molar refractivity (Wildman–Crippen MR) is 194 cm³/mol. The van der Waals surface area contributed by atoms with Gasteiger partial charge in [0, 0.05) is 9.62 Å². The van der Waals surface area contributed by atoms with Gasteiger partial charge in [-0.1, -0.05) is 61.1 Å². The summed E-state index contributed by atoms with van der Waals surface area (Å²) in [4.78, 5) is 18.0. The molecule has 0 bridgehead atoms. The molecule has 2 saturated carbocycles. The van der Waals surface area contributed by atoms with E-state index in [0.29, 0.717) is 18.7 Å². The van der Waals surface area contributed by atoms with E-state index in [1.165, 1.54) is 38.5 Å². The highest BCUT2D eigenvalue weighted by molar-refractivity contribution is 14.1. The van der Waals surface area contributed by atoms with E-state index in [1.807, 2.05) is 18.2 Å². The highest BCUT2D eigenvalue weighted by Crippen LogP contribution is 2.36. The number of halogens is 4. The Balaban J connectivity index is 1.21. The number of allylic oxidation sites excluding steroid dienone is 1. The van der Waals surface area contributed by atoms with E-state index in [0.717, 1.165) is 60.1 Å². The topological polar surface area (TPSA) is 81.7 Å². The van der Waals surface area contributed by atoms with Gasteiger partial charge in [-0.25, -0.2) is 4.99 Å². The number of alkyl halides is 1. The molecular weight excluding hydrogens is 976 g/mol. The van der Waals surface area contributed by atoms with Crippen LogP contribution in [0.1, 0.15) is 69.8 Å². The summed E-state index contributed by atoms with van der Waals surface area (Å²) in [6.07, 6.45) is 16.3. The fourth-order valence-corrected chi connectivity index (χ4v) is 10.0. The molecule has 1 aliphatic heterocycles. The lowest BCUT2D eigenvalue weighted by Crippen LogP contribution is -2.39. The summed E-state index contributed by atoms with van der Waals surface area (Å²) in [5, 5.41) is 3.48. The van der Waals surface area contributed by atoms with Crippen LogP contribution in [0.4, 0.5) is 0 Å². The van der Waals surface area contributed by atoms with Crippen LogP contribution in [-0.4, -0.2) is 53.4 Å². The first-order valence-electron chi connectivity index (χ1n) is 14.5. The molecule has 1 saturated heterocycles. The van der Waals surface area contributed by atoms with Crippen molar-refractivity contribution in [2.45, 2.75) is 98.8 Å². The van der Waals surface area contributed by atoms with Gasteiger partial charge >= 0.3 is 5.97 Å². The summed E-state index contributed by atoms with van der Waals surface area (Å²) in [6, 6.07) is 5.01. The van der Waals surface area contributed by atoms with Crippen molar-refractivity contribution in [3.8, 4) is 5.75 Å². The van der Waals surface area contributed by atoms with Crippen molar-refractivity contribution < 1.29 is 23.7 Å². The number of rotatable bonds is 9. The van der Waals surface area contributed by atoms with Crippen molar-refractivity contribution in [2.24, 2.45) is 4.99 Å². The van der Waals surface area contributed by atoms with E-state index >= 15 is 0 Å². The number of epoxide rings is 1. The second-order valence-electron chi connectivity index (χ2n) is 11.1. The SMILES string of the molecule is O=C(Cc1cc(I)c(OC2=CC(I)C(OCC3CO3)C(I)=C2)c(I)c1)O/C(=N/C1CCCCC1)NC1CCCCC1. The van der Waals surface area contributed by atoms with Gasteiger partial charge in [-0.3, -0.25) is 4.79 Å². The Kier molecular flexibility index (Phi) is 12.8. The van der Waals surface area contributed by atoms with Crippen molar-refractivity contribution in [2.75, 3.05) is 13.2 Å². The molecule has 3 unspecified atom stereocenters. The van der Waals surface area contributed by atoms with Crippen LogP contribution < -0.4 is 10.1 Å². The monoisotopic (exact) mass is 1010 g/mol. The van der Waals surface area contributed by atoms with Crippen LogP contribution in [0.5, 0.6) is 5.75 Å². The van der Waals surface area contributed by atoms with Crippen molar-refractivity contribution in [3.63, 3.8) is 0 Å². The Labute approximate surface area is 297 Å². The number of hydrogen-bond donors (Lipinski definition) is 1. The Hall–Kier alpha value is 0.280. The molecule has 0 spiro atoms. The average Bonchev–Trinajstić information content (AvgIpc) is 3.76. The molecule has 3 aliphatic carbocycles. The van der Waals surface area contributed by atoms with E-state index in [2.05, 4.69) is 102 Å². The molecule has 7 nitrogen and oxygen atoms in total. The summed E-state index contributed by atoms with van der Waals surface area (Å²) >= 11 is 9.31. The van der Waals surface area contributed by atoms with Gasteiger partial charge in [0.1, 0.15) is 18.0 Å². The summed E-state index contributed by atoms with van der Waals surface area (Å²) in [5.41, 5.74) is 0.899. The molecule has 0 amide bonds. The number of carbonyl (C=O) groups is 1. The maximum atomic E-state index is 13.1. The first-order valence-corrected chi connectivity index (χ1v) is 19.0. The molecule has 41 heavy (non-hydrogen) atoms. The number of ether oxygens (including phenoxy) is 4. The molecule has 3 fully saturated rings. The lowest BCUT2D eigenvalue weighted by molar-refractivity contribution is -0.135. The highest BCUT2D eigenvalue weighted by atomic mass is 127. The number of nitrogens with one attached hydrogen (secondary N) is 1. The van der Waals surface area contributed by atoms with Crippen LogP contribution >= 0.6 is 90.4 Å². The van der Waals surface area contributed by atoms with Gasteiger partial charge in [0.15, 0.2) is 5.75 Å². The average molecular weight is 1010 g/mol. The van der Waals surface area contributed by atoms with Crippen molar-refractivity contribution >= 4 is 102 Å². The van der Waals surface area contributed by atoms with Gasteiger partial charge < -0.3 is 24.3 Å². The van der Waals surface area contributed by atoms with E-state index < -0.39 is 0 Å². The second-order valence-corrected chi connectivity index (χ2v) is 16.1. The number of esters is 1. The summed E-state index contributed by atoms with van der Waals surface area (Å²) < 4.78 is 26.8. The molecule has 0 radical (unpaired) electrons. The van der Waals surface area contributed by atoms with Crippen molar-refractivity contribution in [3.05, 3.63) is 46.3 Å². The molecule has 1 aromatic carbocycles. The largest absolute Gasteiger partial charge is 0.455 e. The zero-order valence-electron chi connectivity index (χ0n) is 22.9. The van der Waals surface area contributed by atoms with Crippen molar-refractivity contribution in [1.29, 1.82) is 0 Å². The minimum atomic E-state index is -0.286. The first kappa shape index (κ1) is 32.7. The number of nitrogens with zero attached hydrogens (tertiary/aromatic N) is 1. The number of carbonyl (C=O) groups excluding carboxylic acids is 1. The van der Waals surface area contributed by atoms with Crippen LogP contribution in [0.2, 0.25) is 0 Å². The standard InChI is InChI=1S/C30H36I4N2O5/c31-23-11-18(12-24(32)29(23)40-21-14-25(33)28(26(34)15-21)39-17-22-16-38-22)13-27(37)41-30(35-19-7-3-1-4-8-19)36-20-9-5-2-6-10-20/h11-12,14-15,19-20,22,25,28H,1-10,13,16-17H2,(H,35,36). The van der Waals surface area contributed by atoms with Gasteiger partial charge in [0.05, 0.1) is 36.7 Å². The smallest absolute Gasteiger partial charge is 0.318 e. The van der Waals surface area contributed by atoms with Crippen LogP contribution in [-0.2, 0) is 25.4 Å². The first-order chi connectivity index (χ1) is 19.8. The maximum Gasteiger partial charge on any atom is 0.318 e. The Morgan fingerprint density at radius 1 is 1.00 bits per heavy atom. The fraction of sp³-hybridized carbons (Fsp3) is 0.600. The molecular formula is C30H36I4N2O5. The van der Waals surface area contributed by atoms with Crippen LogP contribution in [0.3, 0.4) is 0 Å². The van der Waals surface area contributed by atoms with Gasteiger partial charge in [-0.2, -0.15) is 0 Å². The number of hydrogen-bond acceptors (Lipinski definition) is 6. The third-order valence-corrected chi connectivity index (χ3v) is 11.2. The summed E-state index contributed by atoms with van der Waals surface area (Å²) in [5.74, 6) is 1.31. The Bertz CT molecular complexity index is 1150. The minimum absolute atomic E-state index is 0.0124. The van der Waals surface area contributed by atoms with Crippen molar-refractivity contribution in [1.82, 2.24) is 5.32 Å². The molecule has 3 atom stereocenters. The third-order valence-electron chi connectivity index (χ3n) is 7.67. The van der Waals surface area contributed by atoms with Crippen LogP contribution in [0.25, 0.3) is 0 Å². The predicted octanol–water partition coefficient (Wildman–Crippen LogP) is 7.78. The lowest BCUT2D eigenvalue weighted by Gasteiger charge is -2.26. The van der Waals surface area contributed by atoms with E-state index in [1.54, 1.807) is 0 Å².